The normalized spacial score (nSPS) is 14.1. The number of halogens is 2. The van der Waals surface area contributed by atoms with Crippen molar-refractivity contribution < 1.29 is 18.0 Å². The Morgan fingerprint density at radius 2 is 2.05 bits per heavy atom. The number of benzene rings is 1. The van der Waals surface area contributed by atoms with Crippen LogP contribution in [0.2, 0.25) is 0 Å². The Kier molecular flexibility index (Phi) is 4.98. The zero-order valence-electron chi connectivity index (χ0n) is 12.1. The number of nitrogens with one attached hydrogen (secondary N) is 1. The van der Waals surface area contributed by atoms with Crippen LogP contribution in [-0.2, 0) is 11.3 Å². The van der Waals surface area contributed by atoms with E-state index >= 15 is 0 Å². The minimum atomic E-state index is -0.866. The standard InChI is InChI=1S/C14H17F2N3O2/c1-8(10-4-5-11(15)12(16)6-10)17-7-13-18-14(19-21-13)9(2)20-3/h4-6,8-9,17H,7H2,1-3H3/t8-,9+/m0/s1. The Morgan fingerprint density at radius 3 is 2.71 bits per heavy atom. The molecule has 0 spiro atoms. The molecular weight excluding hydrogens is 280 g/mol. The Labute approximate surface area is 121 Å². The SMILES string of the molecule is CO[C@H](C)c1noc(CN[C@@H](C)c2ccc(F)c(F)c2)n1. The molecule has 0 aliphatic carbocycles. The molecule has 5 nitrogen and oxygen atoms in total. The molecular formula is C14H17F2N3O2. The predicted octanol–water partition coefficient (Wildman–Crippen LogP) is 2.91. The molecule has 1 heterocycles. The average Bonchev–Trinajstić information content (AvgIpc) is 2.95. The zero-order valence-corrected chi connectivity index (χ0v) is 12.1. The molecule has 2 aromatic rings. The molecule has 21 heavy (non-hydrogen) atoms. The molecule has 2 atom stereocenters. The van der Waals surface area contributed by atoms with E-state index in [4.69, 9.17) is 9.26 Å². The van der Waals surface area contributed by atoms with Gasteiger partial charge >= 0.3 is 0 Å². The molecule has 1 aromatic heterocycles. The highest BCUT2D eigenvalue weighted by Crippen LogP contribution is 2.17. The molecule has 0 amide bonds. The Hall–Kier alpha value is -1.86. The summed E-state index contributed by atoms with van der Waals surface area (Å²) in [4.78, 5) is 4.18. The van der Waals surface area contributed by atoms with Gasteiger partial charge in [0.2, 0.25) is 5.89 Å². The first-order valence-corrected chi connectivity index (χ1v) is 6.55. The zero-order chi connectivity index (χ0) is 15.4. The molecule has 0 saturated carbocycles. The van der Waals surface area contributed by atoms with E-state index in [0.29, 0.717) is 23.8 Å². The summed E-state index contributed by atoms with van der Waals surface area (Å²) in [6.07, 6.45) is -0.244. The van der Waals surface area contributed by atoms with Crippen molar-refractivity contribution in [3.63, 3.8) is 0 Å². The molecule has 0 fully saturated rings. The monoisotopic (exact) mass is 297 g/mol. The van der Waals surface area contributed by atoms with E-state index in [1.165, 1.54) is 12.1 Å². The summed E-state index contributed by atoms with van der Waals surface area (Å²) >= 11 is 0. The summed E-state index contributed by atoms with van der Waals surface area (Å²) in [6, 6.07) is 3.62. The maximum atomic E-state index is 13.2. The highest BCUT2D eigenvalue weighted by molar-refractivity contribution is 5.20. The van der Waals surface area contributed by atoms with Crippen molar-refractivity contribution in [1.29, 1.82) is 0 Å². The van der Waals surface area contributed by atoms with Crippen molar-refractivity contribution in [1.82, 2.24) is 15.5 Å². The molecule has 114 valence electrons. The van der Waals surface area contributed by atoms with Crippen LogP contribution in [0.15, 0.2) is 22.7 Å². The van der Waals surface area contributed by atoms with Gasteiger partial charge in [0.15, 0.2) is 17.5 Å². The van der Waals surface area contributed by atoms with Gasteiger partial charge in [-0.15, -0.1) is 0 Å². The molecule has 0 bridgehead atoms. The quantitative estimate of drug-likeness (QED) is 0.888. The summed E-state index contributed by atoms with van der Waals surface area (Å²) in [6.45, 7) is 3.97. The maximum Gasteiger partial charge on any atom is 0.240 e. The van der Waals surface area contributed by atoms with E-state index in [9.17, 15) is 8.78 Å². The molecule has 7 heteroatoms. The van der Waals surface area contributed by atoms with Gasteiger partial charge in [-0.05, 0) is 31.5 Å². The van der Waals surface area contributed by atoms with Crippen LogP contribution in [0.4, 0.5) is 8.78 Å². The highest BCUT2D eigenvalue weighted by atomic mass is 19.2. The Bertz CT molecular complexity index is 604. The van der Waals surface area contributed by atoms with E-state index in [1.807, 2.05) is 13.8 Å². The van der Waals surface area contributed by atoms with Gasteiger partial charge in [-0.3, -0.25) is 0 Å². The minimum Gasteiger partial charge on any atom is -0.374 e. The second kappa shape index (κ2) is 6.73. The second-order valence-electron chi connectivity index (χ2n) is 4.70. The van der Waals surface area contributed by atoms with Crippen molar-refractivity contribution in [2.45, 2.75) is 32.5 Å². The van der Waals surface area contributed by atoms with E-state index in [0.717, 1.165) is 6.07 Å². The lowest BCUT2D eigenvalue weighted by Crippen LogP contribution is -2.18. The van der Waals surface area contributed by atoms with Crippen molar-refractivity contribution in [2.24, 2.45) is 0 Å². The molecule has 2 rings (SSSR count). The number of hydrogen-bond acceptors (Lipinski definition) is 5. The van der Waals surface area contributed by atoms with Crippen LogP contribution in [-0.4, -0.2) is 17.3 Å². The minimum absolute atomic E-state index is 0.185. The molecule has 0 aliphatic heterocycles. The first-order chi connectivity index (χ1) is 10.0. The molecule has 1 aromatic carbocycles. The Morgan fingerprint density at radius 1 is 1.29 bits per heavy atom. The lowest BCUT2D eigenvalue weighted by atomic mass is 10.1. The van der Waals surface area contributed by atoms with Crippen LogP contribution in [0.25, 0.3) is 0 Å². The van der Waals surface area contributed by atoms with Gasteiger partial charge in [-0.2, -0.15) is 4.98 Å². The van der Waals surface area contributed by atoms with Gasteiger partial charge in [-0.25, -0.2) is 8.78 Å². The van der Waals surface area contributed by atoms with Gasteiger partial charge in [0, 0.05) is 13.2 Å². The van der Waals surface area contributed by atoms with E-state index < -0.39 is 11.6 Å². The van der Waals surface area contributed by atoms with Crippen LogP contribution >= 0.6 is 0 Å². The van der Waals surface area contributed by atoms with Crippen molar-refractivity contribution in [3.8, 4) is 0 Å². The largest absolute Gasteiger partial charge is 0.374 e. The fraction of sp³-hybridized carbons (Fsp3) is 0.429. The van der Waals surface area contributed by atoms with Gasteiger partial charge in [-0.1, -0.05) is 11.2 Å². The van der Waals surface area contributed by atoms with Crippen molar-refractivity contribution in [3.05, 3.63) is 47.1 Å². The third-order valence-corrected chi connectivity index (χ3v) is 3.20. The van der Waals surface area contributed by atoms with Gasteiger partial charge < -0.3 is 14.6 Å². The first kappa shape index (κ1) is 15.5. The molecule has 0 aliphatic rings. The van der Waals surface area contributed by atoms with E-state index in [1.54, 1.807) is 7.11 Å². The fourth-order valence-electron chi connectivity index (χ4n) is 1.75. The molecule has 0 unspecified atom stereocenters. The van der Waals surface area contributed by atoms with Crippen molar-refractivity contribution >= 4 is 0 Å². The third-order valence-electron chi connectivity index (χ3n) is 3.20. The van der Waals surface area contributed by atoms with Gasteiger partial charge in [0.1, 0.15) is 6.10 Å². The number of hydrogen-bond donors (Lipinski definition) is 1. The number of ether oxygens (including phenoxy) is 1. The molecule has 0 radical (unpaired) electrons. The fourth-order valence-corrected chi connectivity index (χ4v) is 1.75. The maximum absolute atomic E-state index is 13.2. The van der Waals surface area contributed by atoms with Crippen LogP contribution in [0, 0.1) is 11.6 Å². The summed E-state index contributed by atoms with van der Waals surface area (Å²) < 4.78 is 36.2. The lowest BCUT2D eigenvalue weighted by molar-refractivity contribution is 0.109. The van der Waals surface area contributed by atoms with Crippen molar-refractivity contribution in [2.75, 3.05) is 7.11 Å². The van der Waals surface area contributed by atoms with Crippen LogP contribution in [0.3, 0.4) is 0 Å². The first-order valence-electron chi connectivity index (χ1n) is 6.55. The van der Waals surface area contributed by atoms with Crippen LogP contribution in [0.1, 0.15) is 43.3 Å². The smallest absolute Gasteiger partial charge is 0.240 e. The lowest BCUT2D eigenvalue weighted by Gasteiger charge is -2.12. The van der Waals surface area contributed by atoms with E-state index in [2.05, 4.69) is 15.5 Å². The summed E-state index contributed by atoms with van der Waals surface area (Å²) in [5, 5.41) is 6.91. The number of aromatic nitrogens is 2. The summed E-state index contributed by atoms with van der Waals surface area (Å²) in [5.74, 6) is -0.852. The predicted molar refractivity (Wildman–Crippen MR) is 71.3 cm³/mol. The van der Waals surface area contributed by atoms with Gasteiger partial charge in [0.25, 0.3) is 0 Å². The third kappa shape index (κ3) is 3.83. The Balaban J connectivity index is 1.95. The second-order valence-corrected chi connectivity index (χ2v) is 4.70. The molecule has 0 saturated heterocycles. The average molecular weight is 297 g/mol. The van der Waals surface area contributed by atoms with Crippen LogP contribution < -0.4 is 5.32 Å². The van der Waals surface area contributed by atoms with Crippen LogP contribution in [0.5, 0.6) is 0 Å². The molecule has 1 N–H and O–H groups in total. The van der Waals surface area contributed by atoms with Gasteiger partial charge in [0.05, 0.1) is 6.54 Å². The number of nitrogens with zero attached hydrogens (tertiary/aromatic N) is 2. The number of rotatable bonds is 6. The summed E-state index contributed by atoms with van der Waals surface area (Å²) in [7, 11) is 1.56. The van der Waals surface area contributed by atoms with E-state index in [-0.39, 0.29) is 12.1 Å². The topological polar surface area (TPSA) is 60.2 Å². The summed E-state index contributed by atoms with van der Waals surface area (Å²) in [5.41, 5.74) is 0.638. The number of methoxy groups -OCH3 is 1. The highest BCUT2D eigenvalue weighted by Gasteiger charge is 2.14.